The SMILES string of the molecule is CCCC1CCN(c2ccc(C(=O)NCC)cc2N)C1. The van der Waals surface area contributed by atoms with Crippen molar-refractivity contribution in [3.05, 3.63) is 23.8 Å². The minimum Gasteiger partial charge on any atom is -0.397 e. The number of hydrogen-bond acceptors (Lipinski definition) is 3. The molecule has 1 aliphatic heterocycles. The summed E-state index contributed by atoms with van der Waals surface area (Å²) in [5, 5.41) is 2.79. The van der Waals surface area contributed by atoms with Gasteiger partial charge in [-0.3, -0.25) is 4.79 Å². The highest BCUT2D eigenvalue weighted by atomic mass is 16.1. The van der Waals surface area contributed by atoms with Crippen LogP contribution >= 0.6 is 0 Å². The summed E-state index contributed by atoms with van der Waals surface area (Å²) in [6.45, 7) is 6.92. The average Bonchev–Trinajstić information content (AvgIpc) is 2.87. The van der Waals surface area contributed by atoms with Crippen LogP contribution in [0, 0.1) is 5.92 Å². The lowest BCUT2D eigenvalue weighted by Crippen LogP contribution is -2.24. The van der Waals surface area contributed by atoms with Crippen molar-refractivity contribution < 1.29 is 4.79 Å². The van der Waals surface area contributed by atoms with Crippen molar-refractivity contribution in [2.75, 3.05) is 30.3 Å². The van der Waals surface area contributed by atoms with Gasteiger partial charge in [0.15, 0.2) is 0 Å². The molecular formula is C16H25N3O. The van der Waals surface area contributed by atoms with Gasteiger partial charge in [0.1, 0.15) is 0 Å². The number of carbonyl (C=O) groups excluding carboxylic acids is 1. The molecule has 0 aromatic heterocycles. The maximum absolute atomic E-state index is 11.8. The summed E-state index contributed by atoms with van der Waals surface area (Å²) in [4.78, 5) is 14.1. The Morgan fingerprint density at radius 3 is 2.90 bits per heavy atom. The summed E-state index contributed by atoms with van der Waals surface area (Å²) in [5.74, 6) is 0.721. The quantitative estimate of drug-likeness (QED) is 0.812. The van der Waals surface area contributed by atoms with Gasteiger partial charge in [-0.25, -0.2) is 0 Å². The second-order valence-corrected chi connectivity index (χ2v) is 5.52. The Bertz CT molecular complexity index is 473. The van der Waals surface area contributed by atoms with Crippen molar-refractivity contribution in [1.82, 2.24) is 5.32 Å². The van der Waals surface area contributed by atoms with E-state index in [4.69, 9.17) is 5.73 Å². The Morgan fingerprint density at radius 1 is 1.45 bits per heavy atom. The fraction of sp³-hybridized carbons (Fsp3) is 0.562. The van der Waals surface area contributed by atoms with Crippen LogP contribution in [0.25, 0.3) is 0 Å². The van der Waals surface area contributed by atoms with Gasteiger partial charge >= 0.3 is 0 Å². The molecule has 1 aliphatic rings. The van der Waals surface area contributed by atoms with Crippen LogP contribution in [0.2, 0.25) is 0 Å². The third kappa shape index (κ3) is 3.24. The predicted octanol–water partition coefficient (Wildman–Crippen LogP) is 2.64. The number of nitrogen functional groups attached to an aromatic ring is 1. The van der Waals surface area contributed by atoms with Gasteiger partial charge < -0.3 is 16.0 Å². The van der Waals surface area contributed by atoms with Crippen LogP contribution in [0.4, 0.5) is 11.4 Å². The molecule has 1 fully saturated rings. The zero-order chi connectivity index (χ0) is 14.5. The molecule has 4 nitrogen and oxygen atoms in total. The zero-order valence-corrected chi connectivity index (χ0v) is 12.5. The lowest BCUT2D eigenvalue weighted by molar-refractivity contribution is 0.0956. The van der Waals surface area contributed by atoms with Gasteiger partial charge in [-0.1, -0.05) is 13.3 Å². The number of nitrogens with two attached hydrogens (primary N) is 1. The number of amides is 1. The molecule has 1 aromatic rings. The maximum Gasteiger partial charge on any atom is 0.251 e. The highest BCUT2D eigenvalue weighted by Crippen LogP contribution is 2.31. The van der Waals surface area contributed by atoms with E-state index in [0.29, 0.717) is 17.8 Å². The van der Waals surface area contributed by atoms with Gasteiger partial charge in [-0.05, 0) is 43.9 Å². The van der Waals surface area contributed by atoms with Crippen molar-refractivity contribution in [2.24, 2.45) is 5.92 Å². The molecule has 0 bridgehead atoms. The molecule has 2 rings (SSSR count). The molecule has 1 atom stereocenters. The number of anilines is 2. The van der Waals surface area contributed by atoms with E-state index in [1.165, 1.54) is 19.3 Å². The maximum atomic E-state index is 11.8. The minimum absolute atomic E-state index is 0.0592. The first kappa shape index (κ1) is 14.7. The summed E-state index contributed by atoms with van der Waals surface area (Å²) in [7, 11) is 0. The number of benzene rings is 1. The molecule has 0 saturated carbocycles. The van der Waals surface area contributed by atoms with Crippen molar-refractivity contribution in [3.8, 4) is 0 Å². The lowest BCUT2D eigenvalue weighted by Gasteiger charge is -2.21. The second-order valence-electron chi connectivity index (χ2n) is 5.52. The van der Waals surface area contributed by atoms with Crippen LogP contribution in [-0.2, 0) is 0 Å². The monoisotopic (exact) mass is 275 g/mol. The average molecular weight is 275 g/mol. The molecule has 0 aliphatic carbocycles. The molecular weight excluding hydrogens is 250 g/mol. The third-order valence-electron chi connectivity index (χ3n) is 3.95. The fourth-order valence-corrected chi connectivity index (χ4v) is 2.94. The number of rotatable bonds is 5. The van der Waals surface area contributed by atoms with E-state index < -0.39 is 0 Å². The van der Waals surface area contributed by atoms with E-state index in [1.54, 1.807) is 6.07 Å². The van der Waals surface area contributed by atoms with Gasteiger partial charge in [0.05, 0.1) is 11.4 Å². The Kier molecular flexibility index (Phi) is 4.88. The van der Waals surface area contributed by atoms with E-state index in [-0.39, 0.29) is 5.91 Å². The highest BCUT2D eigenvalue weighted by molar-refractivity contribution is 5.96. The molecule has 1 aromatic carbocycles. The van der Waals surface area contributed by atoms with Crippen LogP contribution in [0.3, 0.4) is 0 Å². The number of nitrogens with zero attached hydrogens (tertiary/aromatic N) is 1. The van der Waals surface area contributed by atoms with Gasteiger partial charge in [0.2, 0.25) is 0 Å². The van der Waals surface area contributed by atoms with E-state index in [1.807, 2.05) is 19.1 Å². The van der Waals surface area contributed by atoms with E-state index >= 15 is 0 Å². The number of nitrogens with one attached hydrogen (secondary N) is 1. The summed E-state index contributed by atoms with van der Waals surface area (Å²) < 4.78 is 0. The first-order valence-electron chi connectivity index (χ1n) is 7.58. The minimum atomic E-state index is -0.0592. The molecule has 110 valence electrons. The summed E-state index contributed by atoms with van der Waals surface area (Å²) in [5.41, 5.74) is 8.54. The van der Waals surface area contributed by atoms with E-state index in [9.17, 15) is 4.79 Å². The zero-order valence-electron chi connectivity index (χ0n) is 12.5. The number of carbonyl (C=O) groups is 1. The van der Waals surface area contributed by atoms with Gasteiger partial charge in [-0.2, -0.15) is 0 Å². The number of hydrogen-bond donors (Lipinski definition) is 2. The molecule has 1 amide bonds. The standard InChI is InChI=1S/C16H25N3O/c1-3-5-12-8-9-19(11-12)15-7-6-13(10-14(15)17)16(20)18-4-2/h6-7,10,12H,3-5,8-9,11,17H2,1-2H3,(H,18,20). The largest absolute Gasteiger partial charge is 0.397 e. The Balaban J connectivity index is 2.08. The van der Waals surface area contributed by atoms with Gasteiger partial charge in [0.25, 0.3) is 5.91 Å². The smallest absolute Gasteiger partial charge is 0.251 e. The molecule has 1 heterocycles. The first-order valence-corrected chi connectivity index (χ1v) is 7.58. The van der Waals surface area contributed by atoms with Crippen LogP contribution in [0.1, 0.15) is 43.5 Å². The predicted molar refractivity (Wildman–Crippen MR) is 84.1 cm³/mol. The third-order valence-corrected chi connectivity index (χ3v) is 3.95. The Hall–Kier alpha value is -1.71. The second kappa shape index (κ2) is 6.64. The van der Waals surface area contributed by atoms with Gasteiger partial charge in [-0.15, -0.1) is 0 Å². The first-order chi connectivity index (χ1) is 9.65. The lowest BCUT2D eigenvalue weighted by atomic mass is 10.0. The van der Waals surface area contributed by atoms with E-state index in [0.717, 1.165) is 24.7 Å². The van der Waals surface area contributed by atoms with Crippen LogP contribution in [0.5, 0.6) is 0 Å². The van der Waals surface area contributed by atoms with Crippen molar-refractivity contribution in [1.29, 1.82) is 0 Å². The van der Waals surface area contributed by atoms with Crippen LogP contribution < -0.4 is 16.0 Å². The Morgan fingerprint density at radius 2 is 2.25 bits per heavy atom. The summed E-state index contributed by atoms with van der Waals surface area (Å²) in [6, 6.07) is 5.63. The normalized spacial score (nSPS) is 18.3. The Labute approximate surface area is 121 Å². The topological polar surface area (TPSA) is 58.4 Å². The highest BCUT2D eigenvalue weighted by Gasteiger charge is 2.23. The summed E-state index contributed by atoms with van der Waals surface area (Å²) >= 11 is 0. The fourth-order valence-electron chi connectivity index (χ4n) is 2.94. The van der Waals surface area contributed by atoms with Crippen molar-refractivity contribution in [2.45, 2.75) is 33.1 Å². The van der Waals surface area contributed by atoms with Crippen molar-refractivity contribution in [3.63, 3.8) is 0 Å². The molecule has 0 spiro atoms. The van der Waals surface area contributed by atoms with Gasteiger partial charge in [0, 0.05) is 25.2 Å². The van der Waals surface area contributed by atoms with Crippen LogP contribution in [0.15, 0.2) is 18.2 Å². The van der Waals surface area contributed by atoms with Crippen molar-refractivity contribution >= 4 is 17.3 Å². The van der Waals surface area contributed by atoms with Crippen LogP contribution in [-0.4, -0.2) is 25.5 Å². The molecule has 3 N–H and O–H groups in total. The summed E-state index contributed by atoms with van der Waals surface area (Å²) in [6.07, 6.45) is 3.77. The molecule has 20 heavy (non-hydrogen) atoms. The molecule has 1 unspecified atom stereocenters. The molecule has 1 saturated heterocycles. The van der Waals surface area contributed by atoms with E-state index in [2.05, 4.69) is 17.1 Å². The molecule has 0 radical (unpaired) electrons. The molecule has 4 heteroatoms.